The number of ether oxygens (including phenoxy) is 1. The molecule has 5 nitrogen and oxygen atoms in total. The summed E-state index contributed by atoms with van der Waals surface area (Å²) in [6, 6.07) is 13.2. The van der Waals surface area contributed by atoms with Gasteiger partial charge < -0.3 is 10.1 Å². The van der Waals surface area contributed by atoms with Gasteiger partial charge in [0.25, 0.3) is 0 Å². The number of nitrogens with one attached hydrogen (secondary N) is 2. The van der Waals surface area contributed by atoms with Crippen molar-refractivity contribution in [2.75, 3.05) is 17.7 Å². The predicted octanol–water partition coefficient (Wildman–Crippen LogP) is 5.08. The first kappa shape index (κ1) is 17.0. The maximum atomic E-state index is 12.1. The molecule has 0 spiro atoms. The van der Waals surface area contributed by atoms with E-state index in [-0.39, 0.29) is 6.03 Å². The van der Waals surface area contributed by atoms with E-state index in [9.17, 15) is 4.79 Å². The maximum absolute atomic E-state index is 12.1. The van der Waals surface area contributed by atoms with Crippen LogP contribution in [0.3, 0.4) is 0 Å². The molecule has 0 atom stereocenters. The molecule has 2 aromatic carbocycles. The van der Waals surface area contributed by atoms with Gasteiger partial charge >= 0.3 is 6.03 Å². The van der Waals surface area contributed by atoms with E-state index in [1.807, 2.05) is 61.7 Å². The number of urea groups is 1. The van der Waals surface area contributed by atoms with Crippen LogP contribution >= 0.6 is 11.3 Å². The average Bonchev–Trinajstić information content (AvgIpc) is 3.03. The quantitative estimate of drug-likeness (QED) is 0.687. The van der Waals surface area contributed by atoms with Crippen LogP contribution in [0.25, 0.3) is 11.3 Å². The van der Waals surface area contributed by atoms with Crippen LogP contribution in [0, 0.1) is 13.8 Å². The third-order valence-electron chi connectivity index (χ3n) is 3.69. The Morgan fingerprint density at radius 3 is 2.68 bits per heavy atom. The molecule has 0 unspecified atom stereocenters. The number of amides is 2. The Kier molecular flexibility index (Phi) is 5.00. The number of aryl methyl sites for hydroxylation is 2. The Morgan fingerprint density at radius 1 is 1.12 bits per heavy atom. The fraction of sp³-hybridized carbons (Fsp3) is 0.158. The third-order valence-corrected chi connectivity index (χ3v) is 4.45. The molecule has 0 saturated carbocycles. The Hall–Kier alpha value is -2.86. The van der Waals surface area contributed by atoms with Gasteiger partial charge in [-0.25, -0.2) is 9.78 Å². The van der Waals surface area contributed by atoms with Crippen LogP contribution in [0.5, 0.6) is 5.75 Å². The van der Waals surface area contributed by atoms with Crippen LogP contribution in [0.4, 0.5) is 15.6 Å². The van der Waals surface area contributed by atoms with Gasteiger partial charge in [-0.2, -0.15) is 0 Å². The number of thiazole rings is 1. The van der Waals surface area contributed by atoms with Gasteiger partial charge in [-0.3, -0.25) is 5.32 Å². The molecule has 0 aliphatic carbocycles. The number of rotatable bonds is 4. The highest BCUT2D eigenvalue weighted by atomic mass is 32.1. The van der Waals surface area contributed by atoms with Gasteiger partial charge in [0, 0.05) is 16.6 Å². The van der Waals surface area contributed by atoms with Crippen molar-refractivity contribution in [3.05, 3.63) is 59.0 Å². The van der Waals surface area contributed by atoms with Crippen LogP contribution in [0.15, 0.2) is 47.8 Å². The van der Waals surface area contributed by atoms with E-state index >= 15 is 0 Å². The monoisotopic (exact) mass is 353 g/mol. The minimum absolute atomic E-state index is 0.308. The number of aromatic nitrogens is 1. The average molecular weight is 353 g/mol. The van der Waals surface area contributed by atoms with Gasteiger partial charge in [0.15, 0.2) is 5.13 Å². The number of anilines is 2. The SMILES string of the molecule is COc1ccc(-c2csc(NC(=O)Nc3cccc(C)c3)n2)cc1C. The number of hydrogen-bond donors (Lipinski definition) is 2. The topological polar surface area (TPSA) is 63.2 Å². The molecule has 2 N–H and O–H groups in total. The molecule has 0 radical (unpaired) electrons. The summed E-state index contributed by atoms with van der Waals surface area (Å²) in [5, 5.41) is 8.04. The lowest BCUT2D eigenvalue weighted by atomic mass is 10.1. The molecule has 3 aromatic rings. The summed E-state index contributed by atoms with van der Waals surface area (Å²) < 4.78 is 5.28. The van der Waals surface area contributed by atoms with E-state index in [1.54, 1.807) is 7.11 Å². The Labute approximate surface area is 150 Å². The Bertz CT molecular complexity index is 905. The van der Waals surface area contributed by atoms with Crippen LogP contribution in [-0.4, -0.2) is 18.1 Å². The molecule has 128 valence electrons. The Balaban J connectivity index is 1.69. The van der Waals surface area contributed by atoms with Crippen molar-refractivity contribution in [3.8, 4) is 17.0 Å². The number of carbonyl (C=O) groups excluding carboxylic acids is 1. The summed E-state index contributed by atoms with van der Waals surface area (Å²) in [4.78, 5) is 16.6. The molecule has 0 saturated heterocycles. The number of carbonyl (C=O) groups is 1. The predicted molar refractivity (Wildman–Crippen MR) is 103 cm³/mol. The number of hydrogen-bond acceptors (Lipinski definition) is 4. The van der Waals surface area contributed by atoms with Crippen molar-refractivity contribution >= 4 is 28.2 Å². The van der Waals surface area contributed by atoms with E-state index in [1.165, 1.54) is 11.3 Å². The van der Waals surface area contributed by atoms with E-state index < -0.39 is 0 Å². The van der Waals surface area contributed by atoms with E-state index in [4.69, 9.17) is 4.74 Å². The Morgan fingerprint density at radius 2 is 1.96 bits per heavy atom. The van der Waals surface area contributed by atoms with Crippen molar-refractivity contribution < 1.29 is 9.53 Å². The van der Waals surface area contributed by atoms with Crippen LogP contribution in [0.2, 0.25) is 0 Å². The summed E-state index contributed by atoms with van der Waals surface area (Å²) >= 11 is 1.39. The van der Waals surface area contributed by atoms with Gasteiger partial charge in [0.1, 0.15) is 5.75 Å². The van der Waals surface area contributed by atoms with Crippen molar-refractivity contribution in [3.63, 3.8) is 0 Å². The molecular weight excluding hydrogens is 334 g/mol. The first-order chi connectivity index (χ1) is 12.0. The normalized spacial score (nSPS) is 10.4. The number of nitrogens with zero attached hydrogens (tertiary/aromatic N) is 1. The molecule has 0 fully saturated rings. The standard InChI is InChI=1S/C19H19N3O2S/c1-12-5-4-6-15(9-12)20-18(23)22-19-21-16(11-25-19)14-7-8-17(24-3)13(2)10-14/h4-11H,1-3H3,(H2,20,21,22,23). The lowest BCUT2D eigenvalue weighted by molar-refractivity contribution is 0.262. The molecule has 0 aliphatic heterocycles. The fourth-order valence-electron chi connectivity index (χ4n) is 2.48. The second-order valence-corrected chi connectivity index (χ2v) is 6.53. The number of benzene rings is 2. The second-order valence-electron chi connectivity index (χ2n) is 5.67. The van der Waals surface area contributed by atoms with Gasteiger partial charge in [0.05, 0.1) is 12.8 Å². The van der Waals surface area contributed by atoms with E-state index in [2.05, 4.69) is 15.6 Å². The molecule has 25 heavy (non-hydrogen) atoms. The van der Waals surface area contributed by atoms with Crippen LogP contribution in [0.1, 0.15) is 11.1 Å². The van der Waals surface area contributed by atoms with Gasteiger partial charge in [-0.05, 0) is 55.3 Å². The first-order valence-corrected chi connectivity index (χ1v) is 8.68. The molecule has 6 heteroatoms. The van der Waals surface area contributed by atoms with Crippen molar-refractivity contribution in [1.29, 1.82) is 0 Å². The summed E-state index contributed by atoms with van der Waals surface area (Å²) in [5.41, 5.74) is 4.69. The number of methoxy groups -OCH3 is 1. The highest BCUT2D eigenvalue weighted by molar-refractivity contribution is 7.14. The zero-order valence-corrected chi connectivity index (χ0v) is 15.1. The second kappa shape index (κ2) is 7.36. The summed E-state index contributed by atoms with van der Waals surface area (Å²) in [5.74, 6) is 0.842. The fourth-order valence-corrected chi connectivity index (χ4v) is 3.20. The van der Waals surface area contributed by atoms with E-state index in [0.717, 1.165) is 33.8 Å². The van der Waals surface area contributed by atoms with Crippen LogP contribution in [-0.2, 0) is 0 Å². The minimum Gasteiger partial charge on any atom is -0.496 e. The summed E-state index contributed by atoms with van der Waals surface area (Å²) in [6.45, 7) is 3.97. The molecule has 1 aromatic heterocycles. The zero-order valence-electron chi connectivity index (χ0n) is 14.3. The molecule has 3 rings (SSSR count). The largest absolute Gasteiger partial charge is 0.496 e. The van der Waals surface area contributed by atoms with Gasteiger partial charge in [-0.15, -0.1) is 11.3 Å². The zero-order chi connectivity index (χ0) is 17.8. The molecule has 1 heterocycles. The molecule has 0 aliphatic rings. The summed E-state index contributed by atoms with van der Waals surface area (Å²) in [7, 11) is 1.65. The smallest absolute Gasteiger partial charge is 0.325 e. The van der Waals surface area contributed by atoms with Crippen molar-refractivity contribution in [1.82, 2.24) is 4.98 Å². The highest BCUT2D eigenvalue weighted by Crippen LogP contribution is 2.28. The lowest BCUT2D eigenvalue weighted by Gasteiger charge is -2.06. The highest BCUT2D eigenvalue weighted by Gasteiger charge is 2.09. The summed E-state index contributed by atoms with van der Waals surface area (Å²) in [6.07, 6.45) is 0. The molecule has 2 amide bonds. The van der Waals surface area contributed by atoms with Crippen LogP contribution < -0.4 is 15.4 Å². The van der Waals surface area contributed by atoms with Crippen molar-refractivity contribution in [2.24, 2.45) is 0 Å². The lowest BCUT2D eigenvalue weighted by Crippen LogP contribution is -2.19. The van der Waals surface area contributed by atoms with Gasteiger partial charge in [-0.1, -0.05) is 12.1 Å². The first-order valence-electron chi connectivity index (χ1n) is 7.80. The molecule has 0 bridgehead atoms. The molecular formula is C19H19N3O2S. The van der Waals surface area contributed by atoms with Gasteiger partial charge in [0.2, 0.25) is 0 Å². The van der Waals surface area contributed by atoms with E-state index in [0.29, 0.717) is 5.13 Å². The maximum Gasteiger partial charge on any atom is 0.325 e. The third kappa shape index (κ3) is 4.16. The van der Waals surface area contributed by atoms with Crippen molar-refractivity contribution in [2.45, 2.75) is 13.8 Å². The minimum atomic E-state index is -0.308.